The molecule has 4 heteroatoms. The maximum atomic E-state index is 12.0. The molecule has 4 nitrogen and oxygen atoms in total. The Morgan fingerprint density at radius 2 is 1.88 bits per heavy atom. The van der Waals surface area contributed by atoms with Gasteiger partial charge in [0.15, 0.2) is 0 Å². The first-order valence-corrected chi connectivity index (χ1v) is 6.62. The van der Waals surface area contributed by atoms with Gasteiger partial charge in [-0.3, -0.25) is 0 Å². The summed E-state index contributed by atoms with van der Waals surface area (Å²) < 4.78 is 0. The zero-order valence-electron chi connectivity index (χ0n) is 10.0. The van der Waals surface area contributed by atoms with Crippen molar-refractivity contribution in [1.82, 2.24) is 15.5 Å². The van der Waals surface area contributed by atoms with Crippen LogP contribution in [0.5, 0.6) is 0 Å². The SMILES string of the molecule is O=C(N[C@H]1CCCNC1)N1CCCCCC1. The summed E-state index contributed by atoms with van der Waals surface area (Å²) in [6.07, 6.45) is 7.16. The minimum absolute atomic E-state index is 0.149. The van der Waals surface area contributed by atoms with Crippen molar-refractivity contribution in [3.05, 3.63) is 0 Å². The molecule has 0 radical (unpaired) electrons. The highest BCUT2D eigenvalue weighted by molar-refractivity contribution is 5.74. The number of amides is 2. The summed E-state index contributed by atoms with van der Waals surface area (Å²) in [5.41, 5.74) is 0. The van der Waals surface area contributed by atoms with E-state index in [1.807, 2.05) is 4.90 Å². The number of hydrogen-bond donors (Lipinski definition) is 2. The monoisotopic (exact) mass is 225 g/mol. The second-order valence-corrected chi connectivity index (χ2v) is 4.89. The third kappa shape index (κ3) is 3.37. The lowest BCUT2D eigenvalue weighted by molar-refractivity contribution is 0.193. The molecule has 2 heterocycles. The van der Waals surface area contributed by atoms with E-state index in [1.165, 1.54) is 19.3 Å². The molecule has 0 bridgehead atoms. The Bertz CT molecular complexity index is 218. The van der Waals surface area contributed by atoms with Crippen molar-refractivity contribution in [2.45, 2.75) is 44.6 Å². The lowest BCUT2D eigenvalue weighted by atomic mass is 10.1. The Balaban J connectivity index is 1.76. The quantitative estimate of drug-likeness (QED) is 0.707. The van der Waals surface area contributed by atoms with Gasteiger partial charge in [-0.1, -0.05) is 12.8 Å². The van der Waals surface area contributed by atoms with Crippen LogP contribution in [-0.2, 0) is 0 Å². The average molecular weight is 225 g/mol. The minimum Gasteiger partial charge on any atom is -0.334 e. The van der Waals surface area contributed by atoms with E-state index in [1.54, 1.807) is 0 Å². The standard InChI is InChI=1S/C12H23N3O/c16-12(14-11-6-5-7-13-10-11)15-8-3-1-2-4-9-15/h11,13H,1-10H2,(H,14,16)/t11-/m0/s1. The second kappa shape index (κ2) is 6.09. The third-order valence-electron chi connectivity index (χ3n) is 3.52. The van der Waals surface area contributed by atoms with Crippen LogP contribution in [0.3, 0.4) is 0 Å². The van der Waals surface area contributed by atoms with Gasteiger partial charge in [0.1, 0.15) is 0 Å². The molecule has 0 aliphatic carbocycles. The Morgan fingerprint density at radius 1 is 1.12 bits per heavy atom. The van der Waals surface area contributed by atoms with Crippen LogP contribution < -0.4 is 10.6 Å². The minimum atomic E-state index is 0.149. The van der Waals surface area contributed by atoms with Crippen molar-refractivity contribution in [2.75, 3.05) is 26.2 Å². The van der Waals surface area contributed by atoms with Crippen LogP contribution in [0.4, 0.5) is 4.79 Å². The molecule has 1 atom stereocenters. The topological polar surface area (TPSA) is 44.4 Å². The number of rotatable bonds is 1. The van der Waals surface area contributed by atoms with Crippen molar-refractivity contribution in [3.63, 3.8) is 0 Å². The summed E-state index contributed by atoms with van der Waals surface area (Å²) in [6, 6.07) is 0.486. The molecular formula is C12H23N3O. The predicted molar refractivity (Wildman–Crippen MR) is 64.5 cm³/mol. The van der Waals surface area contributed by atoms with Crippen LogP contribution in [0.2, 0.25) is 0 Å². The van der Waals surface area contributed by atoms with Gasteiger partial charge in [-0.2, -0.15) is 0 Å². The molecule has 0 spiro atoms. The molecule has 0 saturated carbocycles. The summed E-state index contributed by atoms with van der Waals surface area (Å²) in [6.45, 7) is 3.90. The number of carbonyl (C=O) groups excluding carboxylic acids is 1. The van der Waals surface area contributed by atoms with Crippen LogP contribution in [0.1, 0.15) is 38.5 Å². The average Bonchev–Trinajstić information content (AvgIpc) is 2.59. The van der Waals surface area contributed by atoms with Crippen LogP contribution in [0.25, 0.3) is 0 Å². The molecule has 2 aliphatic heterocycles. The van der Waals surface area contributed by atoms with Gasteiger partial charge < -0.3 is 15.5 Å². The molecule has 0 aromatic heterocycles. The largest absolute Gasteiger partial charge is 0.334 e. The van der Waals surface area contributed by atoms with Gasteiger partial charge in [0.2, 0.25) is 0 Å². The van der Waals surface area contributed by atoms with Gasteiger partial charge in [-0.25, -0.2) is 4.79 Å². The van der Waals surface area contributed by atoms with E-state index in [-0.39, 0.29) is 6.03 Å². The van der Waals surface area contributed by atoms with Crippen molar-refractivity contribution < 1.29 is 4.79 Å². The van der Waals surface area contributed by atoms with Gasteiger partial charge >= 0.3 is 6.03 Å². The van der Waals surface area contributed by atoms with Crippen molar-refractivity contribution >= 4 is 6.03 Å². The summed E-state index contributed by atoms with van der Waals surface area (Å²) in [5.74, 6) is 0. The molecule has 2 N–H and O–H groups in total. The summed E-state index contributed by atoms with van der Waals surface area (Å²) in [7, 11) is 0. The van der Waals surface area contributed by atoms with Crippen LogP contribution in [-0.4, -0.2) is 43.2 Å². The molecule has 2 amide bonds. The van der Waals surface area contributed by atoms with Crippen LogP contribution in [0.15, 0.2) is 0 Å². The zero-order chi connectivity index (χ0) is 11.2. The summed E-state index contributed by atoms with van der Waals surface area (Å²) in [4.78, 5) is 14.0. The Labute approximate surface area is 97.8 Å². The molecular weight excluding hydrogens is 202 g/mol. The fourth-order valence-corrected chi connectivity index (χ4v) is 2.51. The first kappa shape index (κ1) is 11.7. The van der Waals surface area contributed by atoms with Gasteiger partial charge in [-0.15, -0.1) is 0 Å². The number of hydrogen-bond acceptors (Lipinski definition) is 2. The molecule has 2 saturated heterocycles. The third-order valence-corrected chi connectivity index (χ3v) is 3.52. The molecule has 0 aromatic rings. The number of nitrogens with zero attached hydrogens (tertiary/aromatic N) is 1. The van der Waals surface area contributed by atoms with Crippen molar-refractivity contribution in [1.29, 1.82) is 0 Å². The van der Waals surface area contributed by atoms with E-state index >= 15 is 0 Å². The highest BCUT2D eigenvalue weighted by Crippen LogP contribution is 2.10. The Hall–Kier alpha value is -0.770. The molecule has 2 aliphatic rings. The van der Waals surface area contributed by atoms with E-state index in [2.05, 4.69) is 10.6 Å². The fourth-order valence-electron chi connectivity index (χ4n) is 2.51. The van der Waals surface area contributed by atoms with Gasteiger partial charge in [0.05, 0.1) is 0 Å². The first-order valence-electron chi connectivity index (χ1n) is 6.62. The molecule has 2 rings (SSSR count). The van der Waals surface area contributed by atoms with Crippen LogP contribution >= 0.6 is 0 Å². The number of carbonyl (C=O) groups is 1. The molecule has 92 valence electrons. The summed E-state index contributed by atoms with van der Waals surface area (Å²) >= 11 is 0. The zero-order valence-corrected chi connectivity index (χ0v) is 10.0. The number of piperidine rings is 1. The van der Waals surface area contributed by atoms with E-state index in [0.29, 0.717) is 6.04 Å². The van der Waals surface area contributed by atoms with E-state index in [0.717, 1.165) is 45.4 Å². The summed E-state index contributed by atoms with van der Waals surface area (Å²) in [5, 5.41) is 6.46. The lowest BCUT2D eigenvalue weighted by Gasteiger charge is -2.28. The van der Waals surface area contributed by atoms with Crippen molar-refractivity contribution in [3.8, 4) is 0 Å². The maximum Gasteiger partial charge on any atom is 0.317 e. The van der Waals surface area contributed by atoms with Gasteiger partial charge in [0.25, 0.3) is 0 Å². The smallest absolute Gasteiger partial charge is 0.317 e. The van der Waals surface area contributed by atoms with Crippen molar-refractivity contribution in [2.24, 2.45) is 0 Å². The first-order chi connectivity index (χ1) is 7.86. The van der Waals surface area contributed by atoms with Crippen LogP contribution in [0, 0.1) is 0 Å². The number of nitrogens with one attached hydrogen (secondary N) is 2. The molecule has 0 unspecified atom stereocenters. The second-order valence-electron chi connectivity index (χ2n) is 4.89. The fraction of sp³-hybridized carbons (Fsp3) is 0.917. The number of likely N-dealkylation sites (tertiary alicyclic amines) is 1. The Morgan fingerprint density at radius 3 is 2.50 bits per heavy atom. The van der Waals surface area contributed by atoms with E-state index in [9.17, 15) is 4.79 Å². The van der Waals surface area contributed by atoms with E-state index in [4.69, 9.17) is 0 Å². The maximum absolute atomic E-state index is 12.0. The Kier molecular flexibility index (Phi) is 4.45. The van der Waals surface area contributed by atoms with Gasteiger partial charge in [-0.05, 0) is 32.2 Å². The molecule has 16 heavy (non-hydrogen) atoms. The van der Waals surface area contributed by atoms with Gasteiger partial charge in [0, 0.05) is 25.7 Å². The van der Waals surface area contributed by atoms with E-state index < -0.39 is 0 Å². The number of urea groups is 1. The normalized spacial score (nSPS) is 27.2. The predicted octanol–water partition coefficient (Wildman–Crippen LogP) is 1.32. The molecule has 2 fully saturated rings. The molecule has 0 aromatic carbocycles. The lowest BCUT2D eigenvalue weighted by Crippen LogP contribution is -2.50. The highest BCUT2D eigenvalue weighted by Gasteiger charge is 2.20. The highest BCUT2D eigenvalue weighted by atomic mass is 16.2.